The maximum Gasteiger partial charge on any atom is 0.344 e. The first kappa shape index (κ1) is 11.2. The first-order valence-corrected chi connectivity index (χ1v) is 4.93. The molecule has 0 aliphatic heterocycles. The van der Waals surface area contributed by atoms with Gasteiger partial charge >= 0.3 is 5.97 Å². The number of carboxylic acids is 1. The highest BCUT2D eigenvalue weighted by Crippen LogP contribution is 2.24. The Hall–Kier alpha value is -0.850. The fraction of sp³-hybridized carbons (Fsp3) is 0.222. The van der Waals surface area contributed by atoms with Gasteiger partial charge in [0.15, 0.2) is 6.10 Å². The van der Waals surface area contributed by atoms with E-state index in [2.05, 4.69) is 0 Å². The molecule has 0 amide bonds. The predicted octanol–water partition coefficient (Wildman–Crippen LogP) is 2.28. The molecule has 0 heterocycles. The van der Waals surface area contributed by atoms with Crippen molar-refractivity contribution in [2.24, 2.45) is 0 Å². The van der Waals surface area contributed by atoms with E-state index >= 15 is 0 Å². The lowest BCUT2D eigenvalue weighted by Gasteiger charge is -2.11. The Morgan fingerprint density at radius 1 is 1.64 bits per heavy atom. The van der Waals surface area contributed by atoms with Crippen LogP contribution < -0.4 is 4.74 Å². The van der Waals surface area contributed by atoms with Crippen LogP contribution in [0.25, 0.3) is 0 Å². The van der Waals surface area contributed by atoms with E-state index in [1.54, 1.807) is 22.6 Å². The third-order valence-corrected chi connectivity index (χ3v) is 2.61. The maximum absolute atomic E-state index is 13.0. The minimum atomic E-state index is -1.08. The molecule has 1 aromatic carbocycles. The van der Waals surface area contributed by atoms with Gasteiger partial charge in [0.25, 0.3) is 0 Å². The molecule has 1 aromatic rings. The number of benzene rings is 1. The molecule has 1 rings (SSSR count). The van der Waals surface area contributed by atoms with Crippen LogP contribution in [-0.2, 0) is 4.79 Å². The van der Waals surface area contributed by atoms with Crippen molar-refractivity contribution in [3.8, 4) is 5.75 Å². The molecule has 3 nitrogen and oxygen atoms in total. The van der Waals surface area contributed by atoms with Gasteiger partial charge in [0.1, 0.15) is 11.6 Å². The Kier molecular flexibility index (Phi) is 3.68. The van der Waals surface area contributed by atoms with Crippen LogP contribution in [-0.4, -0.2) is 17.2 Å². The first-order chi connectivity index (χ1) is 6.52. The predicted molar refractivity (Wildman–Crippen MR) is 56.8 cm³/mol. The van der Waals surface area contributed by atoms with Crippen LogP contribution in [0.4, 0.5) is 4.39 Å². The molecule has 0 saturated carbocycles. The van der Waals surface area contributed by atoms with Crippen LogP contribution in [0.15, 0.2) is 18.2 Å². The fourth-order valence-corrected chi connectivity index (χ4v) is 1.30. The van der Waals surface area contributed by atoms with Gasteiger partial charge in [0.2, 0.25) is 0 Å². The lowest BCUT2D eigenvalue weighted by Crippen LogP contribution is -2.23. The lowest BCUT2D eigenvalue weighted by molar-refractivity contribution is -0.144. The standard InChI is InChI=1S/C9H8FIO3/c1-5(9(12)13)14-7-4-2-3-6(10)8(7)11/h2-5H,1H3,(H,12,13)/t5-/m1/s1. The van der Waals surface area contributed by atoms with Gasteiger partial charge in [-0.05, 0) is 41.6 Å². The number of hydrogen-bond donors (Lipinski definition) is 1. The van der Waals surface area contributed by atoms with E-state index in [9.17, 15) is 9.18 Å². The second-order valence-corrected chi connectivity index (χ2v) is 3.73. The summed E-state index contributed by atoms with van der Waals surface area (Å²) in [5, 5.41) is 8.58. The van der Waals surface area contributed by atoms with Crippen molar-refractivity contribution < 1.29 is 19.0 Å². The second-order valence-electron chi connectivity index (χ2n) is 2.65. The van der Waals surface area contributed by atoms with Gasteiger partial charge in [0, 0.05) is 0 Å². The molecular weight excluding hydrogens is 302 g/mol. The van der Waals surface area contributed by atoms with Gasteiger partial charge in [-0.3, -0.25) is 0 Å². The summed E-state index contributed by atoms with van der Waals surface area (Å²) in [5.41, 5.74) is 0. The molecule has 14 heavy (non-hydrogen) atoms. The van der Waals surface area contributed by atoms with Crippen molar-refractivity contribution in [1.82, 2.24) is 0 Å². The monoisotopic (exact) mass is 310 g/mol. The van der Waals surface area contributed by atoms with Gasteiger partial charge in [-0.25, -0.2) is 9.18 Å². The van der Waals surface area contributed by atoms with Crippen molar-refractivity contribution in [2.45, 2.75) is 13.0 Å². The van der Waals surface area contributed by atoms with Gasteiger partial charge < -0.3 is 9.84 Å². The highest BCUT2D eigenvalue weighted by Gasteiger charge is 2.15. The molecular formula is C9H8FIO3. The Balaban J connectivity index is 2.87. The topological polar surface area (TPSA) is 46.5 Å². The molecule has 0 bridgehead atoms. The molecule has 0 saturated heterocycles. The minimum Gasteiger partial charge on any atom is -0.479 e. The molecule has 76 valence electrons. The van der Waals surface area contributed by atoms with E-state index in [1.807, 2.05) is 0 Å². The number of carboxylic acid groups (broad SMARTS) is 1. The van der Waals surface area contributed by atoms with Gasteiger partial charge in [-0.2, -0.15) is 0 Å². The highest BCUT2D eigenvalue weighted by atomic mass is 127. The van der Waals surface area contributed by atoms with Crippen molar-refractivity contribution in [3.63, 3.8) is 0 Å². The first-order valence-electron chi connectivity index (χ1n) is 3.86. The summed E-state index contributed by atoms with van der Waals surface area (Å²) in [7, 11) is 0. The number of carbonyl (C=O) groups is 1. The van der Waals surface area contributed by atoms with Gasteiger partial charge in [-0.1, -0.05) is 6.07 Å². The quantitative estimate of drug-likeness (QED) is 0.871. The maximum atomic E-state index is 13.0. The number of aliphatic carboxylic acids is 1. The summed E-state index contributed by atoms with van der Waals surface area (Å²) in [5.74, 6) is -1.24. The zero-order chi connectivity index (χ0) is 10.7. The molecule has 1 atom stereocenters. The molecule has 0 spiro atoms. The summed E-state index contributed by atoms with van der Waals surface area (Å²) in [6, 6.07) is 4.30. The Morgan fingerprint density at radius 2 is 2.29 bits per heavy atom. The van der Waals surface area contributed by atoms with Gasteiger partial charge in [0.05, 0.1) is 3.57 Å². The third kappa shape index (κ3) is 2.57. The number of rotatable bonds is 3. The van der Waals surface area contributed by atoms with Crippen LogP contribution in [0, 0.1) is 9.39 Å². The van der Waals surface area contributed by atoms with Crippen LogP contribution in [0.3, 0.4) is 0 Å². The van der Waals surface area contributed by atoms with Crippen molar-refractivity contribution in [1.29, 1.82) is 0 Å². The van der Waals surface area contributed by atoms with E-state index in [-0.39, 0.29) is 5.75 Å². The van der Waals surface area contributed by atoms with E-state index in [0.717, 1.165) is 0 Å². The Bertz CT molecular complexity index is 354. The summed E-state index contributed by atoms with van der Waals surface area (Å²) in [6.07, 6.45) is -0.981. The largest absolute Gasteiger partial charge is 0.479 e. The zero-order valence-electron chi connectivity index (χ0n) is 7.33. The molecule has 0 aliphatic carbocycles. The SMILES string of the molecule is C[C@@H](Oc1cccc(F)c1I)C(=O)O. The van der Waals surface area contributed by atoms with Crippen molar-refractivity contribution in [2.75, 3.05) is 0 Å². The van der Waals surface area contributed by atoms with Crippen molar-refractivity contribution in [3.05, 3.63) is 27.6 Å². The number of ether oxygens (including phenoxy) is 1. The molecule has 0 radical (unpaired) electrons. The molecule has 0 fully saturated rings. The van der Waals surface area contributed by atoms with Crippen LogP contribution in [0.1, 0.15) is 6.92 Å². The molecule has 0 aromatic heterocycles. The molecule has 0 aliphatic rings. The smallest absolute Gasteiger partial charge is 0.344 e. The van der Waals surface area contributed by atoms with Crippen LogP contribution in [0.2, 0.25) is 0 Å². The second kappa shape index (κ2) is 4.59. The molecule has 0 unspecified atom stereocenters. The van der Waals surface area contributed by atoms with E-state index in [0.29, 0.717) is 3.57 Å². The third-order valence-electron chi connectivity index (χ3n) is 1.57. The van der Waals surface area contributed by atoms with Crippen molar-refractivity contribution >= 4 is 28.6 Å². The summed E-state index contributed by atoms with van der Waals surface area (Å²) >= 11 is 1.77. The average Bonchev–Trinajstić information content (AvgIpc) is 2.12. The average molecular weight is 310 g/mol. The van der Waals surface area contributed by atoms with Gasteiger partial charge in [-0.15, -0.1) is 0 Å². The Labute approximate surface area is 94.0 Å². The highest BCUT2D eigenvalue weighted by molar-refractivity contribution is 14.1. The summed E-state index contributed by atoms with van der Waals surface area (Å²) in [6.45, 7) is 1.39. The summed E-state index contributed by atoms with van der Waals surface area (Å²) in [4.78, 5) is 10.5. The Morgan fingerprint density at radius 3 is 2.86 bits per heavy atom. The summed E-state index contributed by atoms with van der Waals surface area (Å²) < 4.78 is 18.3. The normalized spacial score (nSPS) is 12.2. The lowest BCUT2D eigenvalue weighted by atomic mass is 10.3. The molecule has 1 N–H and O–H groups in total. The van der Waals surface area contributed by atoms with E-state index in [4.69, 9.17) is 9.84 Å². The van der Waals surface area contributed by atoms with Crippen LogP contribution in [0.5, 0.6) is 5.75 Å². The number of hydrogen-bond acceptors (Lipinski definition) is 2. The van der Waals surface area contributed by atoms with E-state index < -0.39 is 17.9 Å². The molecule has 5 heteroatoms. The van der Waals surface area contributed by atoms with Crippen LogP contribution >= 0.6 is 22.6 Å². The number of halogens is 2. The minimum absolute atomic E-state index is 0.250. The fourth-order valence-electron chi connectivity index (χ4n) is 0.816. The van der Waals surface area contributed by atoms with E-state index in [1.165, 1.54) is 25.1 Å². The zero-order valence-corrected chi connectivity index (χ0v) is 9.49.